The summed E-state index contributed by atoms with van der Waals surface area (Å²) in [6.07, 6.45) is 1.29. The summed E-state index contributed by atoms with van der Waals surface area (Å²) in [5.74, 6) is -0.402. The van der Waals surface area contributed by atoms with Crippen molar-refractivity contribution in [3.63, 3.8) is 0 Å². The standard InChI is InChI=1S/C15H9Br2NO2/c1-7-12(8-4-2-3-5-10(8)18-7)13-14(17)11(19)6-9(16)15(13)20/h2-6,18H,1H3. The Kier molecular flexibility index (Phi) is 3.26. The van der Waals surface area contributed by atoms with E-state index in [9.17, 15) is 9.59 Å². The number of aromatic amines is 1. The van der Waals surface area contributed by atoms with E-state index < -0.39 is 0 Å². The fraction of sp³-hybridized carbons (Fsp3) is 0.0667. The molecule has 0 bridgehead atoms. The molecular formula is C15H9Br2NO2. The van der Waals surface area contributed by atoms with Gasteiger partial charge in [0.15, 0.2) is 5.78 Å². The van der Waals surface area contributed by atoms with Crippen LogP contribution >= 0.6 is 31.9 Å². The highest BCUT2D eigenvalue weighted by Gasteiger charge is 2.29. The first-order chi connectivity index (χ1) is 9.50. The number of allylic oxidation sites excluding steroid dienone is 4. The molecule has 0 spiro atoms. The third-order valence-corrected chi connectivity index (χ3v) is 4.66. The second kappa shape index (κ2) is 4.82. The number of hydrogen-bond acceptors (Lipinski definition) is 2. The molecule has 1 aliphatic carbocycles. The second-order valence-corrected chi connectivity index (χ2v) is 6.19. The average molecular weight is 395 g/mol. The quantitative estimate of drug-likeness (QED) is 0.742. The van der Waals surface area contributed by atoms with E-state index in [1.165, 1.54) is 6.08 Å². The lowest BCUT2D eigenvalue weighted by atomic mass is 9.94. The molecule has 0 aliphatic heterocycles. The van der Waals surface area contributed by atoms with Crippen molar-refractivity contribution in [2.75, 3.05) is 0 Å². The van der Waals surface area contributed by atoms with E-state index in [2.05, 4.69) is 36.8 Å². The number of H-pyrrole nitrogens is 1. The Morgan fingerprint density at radius 2 is 1.80 bits per heavy atom. The highest BCUT2D eigenvalue weighted by Crippen LogP contribution is 2.38. The van der Waals surface area contributed by atoms with Crippen LogP contribution in [0.4, 0.5) is 0 Å². The van der Waals surface area contributed by atoms with Crippen LogP contribution in [0.25, 0.3) is 16.5 Å². The van der Waals surface area contributed by atoms with Crippen LogP contribution in [-0.2, 0) is 9.59 Å². The first kappa shape index (κ1) is 13.5. The minimum atomic E-state index is -0.212. The molecule has 1 aromatic carbocycles. The molecule has 100 valence electrons. The number of halogens is 2. The summed E-state index contributed by atoms with van der Waals surface area (Å²) in [4.78, 5) is 27.6. The normalized spacial score (nSPS) is 16.1. The van der Waals surface area contributed by atoms with Crippen LogP contribution in [0.15, 0.2) is 39.3 Å². The Morgan fingerprint density at radius 1 is 1.10 bits per heavy atom. The Morgan fingerprint density at radius 3 is 2.55 bits per heavy atom. The lowest BCUT2D eigenvalue weighted by molar-refractivity contribution is -0.113. The zero-order chi connectivity index (χ0) is 14.4. The van der Waals surface area contributed by atoms with Gasteiger partial charge in [-0.15, -0.1) is 0 Å². The van der Waals surface area contributed by atoms with Crippen LogP contribution in [0.2, 0.25) is 0 Å². The van der Waals surface area contributed by atoms with Crippen molar-refractivity contribution >= 4 is 59.9 Å². The summed E-state index contributed by atoms with van der Waals surface area (Å²) < 4.78 is 0.587. The Bertz CT molecular complexity index is 828. The molecule has 1 aliphatic rings. The van der Waals surface area contributed by atoms with Gasteiger partial charge in [-0.3, -0.25) is 9.59 Å². The molecular weight excluding hydrogens is 386 g/mol. The molecule has 0 amide bonds. The number of para-hydroxylation sites is 1. The van der Waals surface area contributed by atoms with Crippen LogP contribution in [0, 0.1) is 6.92 Å². The van der Waals surface area contributed by atoms with E-state index in [0.717, 1.165) is 22.2 Å². The zero-order valence-corrected chi connectivity index (χ0v) is 13.6. The maximum Gasteiger partial charge on any atom is 0.202 e. The minimum Gasteiger partial charge on any atom is -0.358 e. The molecule has 0 saturated heterocycles. The molecule has 1 heterocycles. The van der Waals surface area contributed by atoms with E-state index in [1.54, 1.807) is 0 Å². The summed E-state index contributed by atoms with van der Waals surface area (Å²) in [6.45, 7) is 1.90. The van der Waals surface area contributed by atoms with Crippen molar-refractivity contribution in [2.45, 2.75) is 6.92 Å². The number of aromatic nitrogens is 1. The number of Topliss-reactive ketones (excluding diaryl/α,β-unsaturated/α-hetero) is 1. The number of aryl methyl sites for hydroxylation is 1. The Hall–Kier alpha value is -1.46. The predicted octanol–water partition coefficient (Wildman–Crippen LogP) is 4.01. The van der Waals surface area contributed by atoms with Gasteiger partial charge >= 0.3 is 0 Å². The van der Waals surface area contributed by atoms with Crippen molar-refractivity contribution in [2.24, 2.45) is 0 Å². The lowest BCUT2D eigenvalue weighted by Gasteiger charge is -2.13. The van der Waals surface area contributed by atoms with Gasteiger partial charge in [-0.2, -0.15) is 0 Å². The smallest absolute Gasteiger partial charge is 0.202 e. The highest BCUT2D eigenvalue weighted by atomic mass is 79.9. The number of carbonyl (C=O) groups is 2. The second-order valence-electron chi connectivity index (χ2n) is 4.55. The van der Waals surface area contributed by atoms with Crippen LogP contribution in [0.5, 0.6) is 0 Å². The van der Waals surface area contributed by atoms with Crippen molar-refractivity contribution in [3.8, 4) is 0 Å². The van der Waals surface area contributed by atoms with Crippen molar-refractivity contribution in [3.05, 3.63) is 50.6 Å². The Labute approximate surface area is 132 Å². The van der Waals surface area contributed by atoms with Gasteiger partial charge in [-0.1, -0.05) is 18.2 Å². The first-order valence-electron chi connectivity index (χ1n) is 5.94. The van der Waals surface area contributed by atoms with E-state index >= 15 is 0 Å². The van der Waals surface area contributed by atoms with Crippen LogP contribution in [-0.4, -0.2) is 16.6 Å². The summed E-state index contributed by atoms with van der Waals surface area (Å²) >= 11 is 6.42. The molecule has 5 heteroatoms. The summed E-state index contributed by atoms with van der Waals surface area (Å²) in [5, 5.41) is 0.931. The molecule has 2 aromatic rings. The SMILES string of the molecule is Cc1[nH]c2ccccc2c1C1=C(Br)C(=O)C=C(Br)C1=O. The molecule has 0 atom stereocenters. The summed E-state index contributed by atoms with van der Waals surface area (Å²) in [5.41, 5.74) is 2.98. The number of rotatable bonds is 1. The van der Waals surface area contributed by atoms with E-state index in [0.29, 0.717) is 10.1 Å². The number of nitrogens with one attached hydrogen (secondary N) is 1. The van der Waals surface area contributed by atoms with Gasteiger partial charge in [-0.05, 0) is 44.8 Å². The maximum atomic E-state index is 12.4. The van der Waals surface area contributed by atoms with Crippen molar-refractivity contribution in [1.29, 1.82) is 0 Å². The monoisotopic (exact) mass is 393 g/mol. The maximum absolute atomic E-state index is 12.4. The highest BCUT2D eigenvalue weighted by molar-refractivity contribution is 9.12. The predicted molar refractivity (Wildman–Crippen MR) is 85.9 cm³/mol. The van der Waals surface area contributed by atoms with Gasteiger partial charge in [0.05, 0.1) is 14.5 Å². The average Bonchev–Trinajstić information content (AvgIpc) is 2.74. The number of ketones is 2. The number of carbonyl (C=O) groups excluding carboxylic acids is 2. The van der Waals surface area contributed by atoms with Crippen LogP contribution in [0.1, 0.15) is 11.3 Å². The lowest BCUT2D eigenvalue weighted by Crippen LogP contribution is -2.13. The van der Waals surface area contributed by atoms with E-state index in [1.807, 2.05) is 31.2 Å². The van der Waals surface area contributed by atoms with Gasteiger partial charge in [0.2, 0.25) is 5.78 Å². The molecule has 0 unspecified atom stereocenters. The van der Waals surface area contributed by atoms with Gasteiger partial charge in [0.25, 0.3) is 0 Å². The fourth-order valence-electron chi connectivity index (χ4n) is 2.41. The van der Waals surface area contributed by atoms with Gasteiger partial charge in [0, 0.05) is 28.2 Å². The number of hydrogen-bond donors (Lipinski definition) is 1. The third kappa shape index (κ3) is 1.93. The number of benzene rings is 1. The topological polar surface area (TPSA) is 49.9 Å². The molecule has 1 N–H and O–H groups in total. The Balaban J connectivity index is 2.35. The molecule has 0 saturated carbocycles. The van der Waals surface area contributed by atoms with E-state index in [4.69, 9.17) is 0 Å². The van der Waals surface area contributed by atoms with Crippen molar-refractivity contribution in [1.82, 2.24) is 4.98 Å². The molecule has 0 radical (unpaired) electrons. The molecule has 3 nitrogen and oxygen atoms in total. The third-order valence-electron chi connectivity index (χ3n) is 3.28. The molecule has 1 aromatic heterocycles. The largest absolute Gasteiger partial charge is 0.358 e. The van der Waals surface area contributed by atoms with Crippen molar-refractivity contribution < 1.29 is 9.59 Å². The first-order valence-corrected chi connectivity index (χ1v) is 7.53. The van der Waals surface area contributed by atoms with E-state index in [-0.39, 0.29) is 16.0 Å². The molecule has 3 rings (SSSR count). The summed E-state index contributed by atoms with van der Waals surface area (Å²) in [7, 11) is 0. The van der Waals surface area contributed by atoms with Crippen LogP contribution in [0.3, 0.4) is 0 Å². The minimum absolute atomic E-state index is 0.190. The zero-order valence-electron chi connectivity index (χ0n) is 10.5. The number of fused-ring (bicyclic) bond motifs is 1. The molecule has 0 fully saturated rings. The fourth-order valence-corrected chi connectivity index (χ4v) is 3.31. The van der Waals surface area contributed by atoms with Crippen LogP contribution < -0.4 is 0 Å². The summed E-state index contributed by atoms with van der Waals surface area (Å²) in [6, 6.07) is 7.72. The van der Waals surface area contributed by atoms with Gasteiger partial charge in [-0.25, -0.2) is 0 Å². The molecule has 20 heavy (non-hydrogen) atoms. The van der Waals surface area contributed by atoms with Gasteiger partial charge in [0.1, 0.15) is 0 Å². The van der Waals surface area contributed by atoms with Gasteiger partial charge < -0.3 is 4.98 Å².